The number of halogens is 2. The number of anilines is 4. The second kappa shape index (κ2) is 10.3. The Hall–Kier alpha value is -4.04. The lowest BCUT2D eigenvalue weighted by molar-refractivity contribution is 0.386. The van der Waals surface area contributed by atoms with E-state index in [0.29, 0.717) is 44.3 Å². The zero-order valence-electron chi connectivity index (χ0n) is 21.0. The molecule has 0 saturated heterocycles. The van der Waals surface area contributed by atoms with Crippen molar-refractivity contribution >= 4 is 99.1 Å². The molecule has 0 aliphatic carbocycles. The fourth-order valence-corrected chi connectivity index (χ4v) is 6.18. The second-order valence-corrected chi connectivity index (χ2v) is 12.0. The molecule has 0 aliphatic rings. The molecule has 0 saturated carbocycles. The molecule has 0 unspecified atom stereocenters. The minimum atomic E-state index is -5.00. The standard InChI is InChI=1S/C28H18Cl2N2O8S2/c29-19-14-24(40-42(36,37)38)28-22(32-16-9-5-2-6-10-16)12-18-20(30)13-23(39-41(33,34)35)27-21(11-17(19)26(28)25(18)27)31-15-7-3-1-4-8-15/h1-14,31-32H,(H,33,34,35)(H,36,37,38). The topological polar surface area (TPSA) is 151 Å². The Bertz CT molecular complexity index is 2060. The number of benzene rings is 6. The molecule has 0 aliphatic heterocycles. The van der Waals surface area contributed by atoms with Crippen LogP contribution in [-0.4, -0.2) is 25.9 Å². The molecule has 4 N–H and O–H groups in total. The van der Waals surface area contributed by atoms with Gasteiger partial charge < -0.3 is 19.0 Å². The second-order valence-electron chi connectivity index (χ2n) is 9.16. The van der Waals surface area contributed by atoms with Crippen LogP contribution in [0.25, 0.3) is 32.3 Å². The molecular weight excluding hydrogens is 627 g/mol. The van der Waals surface area contributed by atoms with Crippen molar-refractivity contribution in [2.45, 2.75) is 0 Å². The summed E-state index contributed by atoms with van der Waals surface area (Å²) in [6.45, 7) is 0. The van der Waals surface area contributed by atoms with Crippen LogP contribution >= 0.6 is 23.2 Å². The largest absolute Gasteiger partial charge is 0.446 e. The Kier molecular flexibility index (Phi) is 6.92. The molecule has 0 fully saturated rings. The van der Waals surface area contributed by atoms with E-state index < -0.39 is 20.8 Å². The van der Waals surface area contributed by atoms with E-state index in [1.165, 1.54) is 12.1 Å². The third kappa shape index (κ3) is 5.43. The van der Waals surface area contributed by atoms with E-state index in [-0.39, 0.29) is 32.3 Å². The van der Waals surface area contributed by atoms with Crippen LogP contribution in [0.1, 0.15) is 0 Å². The Morgan fingerprint density at radius 3 is 1.24 bits per heavy atom. The van der Waals surface area contributed by atoms with Crippen molar-refractivity contribution in [3.8, 4) is 11.5 Å². The summed E-state index contributed by atoms with van der Waals surface area (Å²) >= 11 is 13.4. The highest BCUT2D eigenvalue weighted by Crippen LogP contribution is 2.52. The van der Waals surface area contributed by atoms with Gasteiger partial charge in [0.05, 0.1) is 32.2 Å². The molecule has 14 heteroatoms. The van der Waals surface area contributed by atoms with Crippen LogP contribution in [0, 0.1) is 0 Å². The molecule has 6 aromatic rings. The zero-order chi connectivity index (χ0) is 29.8. The van der Waals surface area contributed by atoms with Crippen LogP contribution in [0.3, 0.4) is 0 Å². The molecule has 0 radical (unpaired) electrons. The molecule has 42 heavy (non-hydrogen) atoms. The van der Waals surface area contributed by atoms with Crippen LogP contribution < -0.4 is 19.0 Å². The van der Waals surface area contributed by atoms with Gasteiger partial charge in [-0.2, -0.15) is 16.8 Å². The maximum Gasteiger partial charge on any atom is 0.446 e. The lowest BCUT2D eigenvalue weighted by Crippen LogP contribution is -2.09. The van der Waals surface area contributed by atoms with E-state index in [0.717, 1.165) is 0 Å². The Balaban J connectivity index is 1.80. The summed E-state index contributed by atoms with van der Waals surface area (Å²) in [6.07, 6.45) is 0. The molecule has 0 bridgehead atoms. The van der Waals surface area contributed by atoms with E-state index in [2.05, 4.69) is 10.6 Å². The van der Waals surface area contributed by atoms with Gasteiger partial charge in [0.1, 0.15) is 0 Å². The first-order valence-corrected chi connectivity index (χ1v) is 15.5. The first-order chi connectivity index (χ1) is 19.9. The van der Waals surface area contributed by atoms with Crippen LogP contribution in [-0.2, 0) is 20.8 Å². The molecule has 0 heterocycles. The van der Waals surface area contributed by atoms with Crippen molar-refractivity contribution in [1.29, 1.82) is 0 Å². The SMILES string of the molecule is O=S(=O)(O)Oc1cc(Cl)c2cc(Nc3ccccc3)c3c(OS(=O)(=O)O)cc(Cl)c4cc(Nc5ccccc5)c1c2c43. The highest BCUT2D eigenvalue weighted by molar-refractivity contribution is 7.81. The minimum Gasteiger partial charge on any atom is -0.361 e. The molecule has 0 aromatic heterocycles. The molecule has 6 rings (SSSR count). The Labute approximate surface area is 249 Å². The summed E-state index contributed by atoms with van der Waals surface area (Å²) in [6, 6.07) is 23.6. The van der Waals surface area contributed by atoms with Gasteiger partial charge in [0.15, 0.2) is 11.5 Å². The van der Waals surface area contributed by atoms with Crippen molar-refractivity contribution < 1.29 is 34.3 Å². The summed E-state index contributed by atoms with van der Waals surface area (Å²) < 4.78 is 76.7. The Morgan fingerprint density at radius 1 is 0.548 bits per heavy atom. The number of hydrogen-bond acceptors (Lipinski definition) is 8. The fourth-order valence-electron chi connectivity index (χ4n) is 4.96. The first kappa shape index (κ1) is 28.1. The normalized spacial score (nSPS) is 12.2. The maximum atomic E-state index is 11.9. The van der Waals surface area contributed by atoms with Gasteiger partial charge in [-0.25, -0.2) is 0 Å². The van der Waals surface area contributed by atoms with Crippen molar-refractivity contribution in [2.24, 2.45) is 0 Å². The molecule has 0 spiro atoms. The first-order valence-electron chi connectivity index (χ1n) is 12.0. The fraction of sp³-hybridized carbons (Fsp3) is 0. The summed E-state index contributed by atoms with van der Waals surface area (Å²) in [5, 5.41) is 8.35. The average Bonchev–Trinajstić information content (AvgIpc) is 2.90. The summed E-state index contributed by atoms with van der Waals surface area (Å²) in [5.41, 5.74) is 1.94. The number of rotatable bonds is 8. The van der Waals surface area contributed by atoms with Gasteiger partial charge in [-0.1, -0.05) is 59.6 Å². The zero-order valence-corrected chi connectivity index (χ0v) is 24.1. The lowest BCUT2D eigenvalue weighted by Gasteiger charge is -2.23. The smallest absolute Gasteiger partial charge is 0.361 e. The molecule has 10 nitrogen and oxygen atoms in total. The summed E-state index contributed by atoms with van der Waals surface area (Å²) in [5.74, 6) is -0.616. The third-order valence-corrected chi connectivity index (χ3v) is 7.83. The third-order valence-electron chi connectivity index (χ3n) is 6.42. The van der Waals surface area contributed by atoms with E-state index in [1.54, 1.807) is 60.7 Å². The van der Waals surface area contributed by atoms with Gasteiger partial charge in [-0.05, 0) is 36.4 Å². The van der Waals surface area contributed by atoms with Gasteiger partial charge in [-0.3, -0.25) is 9.11 Å². The highest BCUT2D eigenvalue weighted by atomic mass is 35.5. The molecule has 214 valence electrons. The quantitative estimate of drug-likeness (QED) is 0.0956. The van der Waals surface area contributed by atoms with Gasteiger partial charge >= 0.3 is 20.8 Å². The number of para-hydroxylation sites is 2. The van der Waals surface area contributed by atoms with Crippen molar-refractivity contribution in [2.75, 3.05) is 10.6 Å². The average molecular weight is 645 g/mol. The maximum absolute atomic E-state index is 11.9. The van der Waals surface area contributed by atoms with E-state index in [9.17, 15) is 25.9 Å². The number of nitrogens with one attached hydrogen (secondary N) is 2. The van der Waals surface area contributed by atoms with Gasteiger partial charge in [0.2, 0.25) is 0 Å². The van der Waals surface area contributed by atoms with Crippen LogP contribution in [0.2, 0.25) is 10.0 Å². The van der Waals surface area contributed by atoms with E-state index >= 15 is 0 Å². The molecular formula is C28H18Cl2N2O8S2. The van der Waals surface area contributed by atoms with E-state index in [4.69, 9.17) is 31.6 Å². The summed E-state index contributed by atoms with van der Waals surface area (Å²) in [4.78, 5) is 0. The van der Waals surface area contributed by atoms with Crippen LogP contribution in [0.15, 0.2) is 84.9 Å². The van der Waals surface area contributed by atoms with Crippen LogP contribution in [0.5, 0.6) is 11.5 Å². The minimum absolute atomic E-state index is 0.0505. The predicted molar refractivity (Wildman–Crippen MR) is 164 cm³/mol. The van der Waals surface area contributed by atoms with Gasteiger partial charge in [-0.15, -0.1) is 0 Å². The summed E-state index contributed by atoms with van der Waals surface area (Å²) in [7, 11) is -10.0. The van der Waals surface area contributed by atoms with Gasteiger partial charge in [0.25, 0.3) is 0 Å². The number of hydrogen-bond donors (Lipinski definition) is 4. The lowest BCUT2D eigenvalue weighted by atomic mass is 9.90. The monoisotopic (exact) mass is 644 g/mol. The predicted octanol–water partition coefficient (Wildman–Crippen LogP) is 7.74. The van der Waals surface area contributed by atoms with Crippen molar-refractivity contribution in [3.05, 3.63) is 95.0 Å². The van der Waals surface area contributed by atoms with Crippen LogP contribution in [0.4, 0.5) is 22.7 Å². The molecule has 0 amide bonds. The highest BCUT2D eigenvalue weighted by Gasteiger charge is 2.27. The Morgan fingerprint density at radius 2 is 0.905 bits per heavy atom. The van der Waals surface area contributed by atoms with E-state index in [1.807, 2.05) is 12.1 Å². The van der Waals surface area contributed by atoms with Gasteiger partial charge in [0, 0.05) is 45.1 Å². The molecule has 6 aromatic carbocycles. The van der Waals surface area contributed by atoms with Crippen molar-refractivity contribution in [1.82, 2.24) is 0 Å². The van der Waals surface area contributed by atoms with Crippen molar-refractivity contribution in [3.63, 3.8) is 0 Å². The molecule has 0 atom stereocenters.